The molecule has 2 aliphatic heterocycles. The number of fused-ring (bicyclic) bond motifs is 3. The van der Waals surface area contributed by atoms with E-state index >= 15 is 0 Å². The second-order valence-corrected chi connectivity index (χ2v) is 15.0. The van der Waals surface area contributed by atoms with Crippen molar-refractivity contribution in [1.29, 1.82) is 0 Å². The van der Waals surface area contributed by atoms with E-state index in [0.717, 1.165) is 33.1 Å². The van der Waals surface area contributed by atoms with Gasteiger partial charge in [-0.15, -0.1) is 0 Å². The Morgan fingerprint density at radius 3 is 2.86 bits per heavy atom. The number of hydrogen-bond donors (Lipinski definition) is 1. The number of aromatic nitrogens is 1. The molecule has 6 nitrogen and oxygen atoms in total. The number of urea groups is 1. The third-order valence-corrected chi connectivity index (χ3v) is 11.8. The Hall–Kier alpha value is -1.64. The largest absolute Gasteiger partial charge is 0.493 e. The number of amides is 2. The second-order valence-electron chi connectivity index (χ2n) is 9.23. The van der Waals surface area contributed by atoms with E-state index in [2.05, 4.69) is 39.2 Å². The monoisotopic (exact) mass is 419 g/mol. The average Bonchev–Trinajstić information content (AvgIpc) is 3.27. The number of anilines is 1. The van der Waals surface area contributed by atoms with Crippen LogP contribution in [0.2, 0.25) is 18.1 Å². The van der Waals surface area contributed by atoms with Crippen LogP contribution >= 0.6 is 11.3 Å². The molecule has 0 spiro atoms. The standard InChI is InChI=1S/C20H29N3O3SSi/c1-12-14(11-26-28(5,6)20(2,3)4)23(18(24)21-12)19-22-17-13-9-10-25-15(13)7-8-16(17)27-19/h7-8,12,14H,9-11H2,1-6H3,(H,21,24)/t12-,14-/m1/s1. The van der Waals surface area contributed by atoms with Crippen LogP contribution in [-0.4, -0.2) is 44.6 Å². The van der Waals surface area contributed by atoms with Gasteiger partial charge in [0, 0.05) is 12.0 Å². The number of carbonyl (C=O) groups excluding carboxylic acids is 1. The zero-order valence-electron chi connectivity index (χ0n) is 17.5. The molecular weight excluding hydrogens is 390 g/mol. The Labute approximate surface area is 171 Å². The Bertz CT molecular complexity index is 921. The molecule has 2 amide bonds. The molecule has 2 aliphatic rings. The minimum Gasteiger partial charge on any atom is -0.493 e. The molecule has 0 aliphatic carbocycles. The van der Waals surface area contributed by atoms with Gasteiger partial charge in [0.05, 0.1) is 35.5 Å². The first-order valence-corrected chi connectivity index (χ1v) is 13.6. The van der Waals surface area contributed by atoms with Gasteiger partial charge in [-0.3, -0.25) is 4.90 Å². The predicted molar refractivity (Wildman–Crippen MR) is 116 cm³/mol. The molecule has 2 aromatic rings. The van der Waals surface area contributed by atoms with Crippen molar-refractivity contribution in [3.63, 3.8) is 0 Å². The van der Waals surface area contributed by atoms with Gasteiger partial charge in [-0.25, -0.2) is 9.78 Å². The van der Waals surface area contributed by atoms with Crippen molar-refractivity contribution >= 4 is 41.0 Å². The van der Waals surface area contributed by atoms with Crippen LogP contribution in [0.5, 0.6) is 5.75 Å². The number of hydrogen-bond acceptors (Lipinski definition) is 5. The van der Waals surface area contributed by atoms with Crippen LogP contribution in [0.25, 0.3) is 10.2 Å². The lowest BCUT2D eigenvalue weighted by Gasteiger charge is -2.38. The summed E-state index contributed by atoms with van der Waals surface area (Å²) in [6.45, 7) is 14.4. The van der Waals surface area contributed by atoms with Gasteiger partial charge in [0.1, 0.15) is 5.75 Å². The fourth-order valence-electron chi connectivity index (χ4n) is 3.45. The highest BCUT2D eigenvalue weighted by Crippen LogP contribution is 2.40. The Kier molecular flexibility index (Phi) is 4.71. The van der Waals surface area contributed by atoms with Crippen LogP contribution in [0.4, 0.5) is 9.93 Å². The lowest BCUT2D eigenvalue weighted by Crippen LogP contribution is -2.47. The van der Waals surface area contributed by atoms with E-state index in [1.165, 1.54) is 0 Å². The summed E-state index contributed by atoms with van der Waals surface area (Å²) in [6.07, 6.45) is 0.871. The van der Waals surface area contributed by atoms with E-state index in [4.69, 9.17) is 14.1 Å². The summed E-state index contributed by atoms with van der Waals surface area (Å²) in [4.78, 5) is 19.4. The Balaban J connectivity index is 1.63. The number of ether oxygens (including phenoxy) is 1. The van der Waals surface area contributed by atoms with Crippen molar-refractivity contribution in [3.8, 4) is 5.75 Å². The maximum atomic E-state index is 12.7. The van der Waals surface area contributed by atoms with Gasteiger partial charge in [-0.05, 0) is 37.2 Å². The van der Waals surface area contributed by atoms with Crippen molar-refractivity contribution in [2.75, 3.05) is 18.1 Å². The normalized spacial score (nSPS) is 22.5. The molecule has 4 rings (SSSR count). The van der Waals surface area contributed by atoms with Gasteiger partial charge in [0.2, 0.25) is 0 Å². The fraction of sp³-hybridized carbons (Fsp3) is 0.600. The van der Waals surface area contributed by atoms with Gasteiger partial charge in [0.25, 0.3) is 0 Å². The summed E-state index contributed by atoms with van der Waals surface area (Å²) >= 11 is 1.56. The first-order chi connectivity index (χ1) is 13.1. The van der Waals surface area contributed by atoms with Crippen molar-refractivity contribution in [1.82, 2.24) is 10.3 Å². The topological polar surface area (TPSA) is 63.7 Å². The first-order valence-electron chi connectivity index (χ1n) is 9.87. The molecule has 152 valence electrons. The summed E-state index contributed by atoms with van der Waals surface area (Å²) in [7, 11) is -1.90. The zero-order valence-corrected chi connectivity index (χ0v) is 19.3. The van der Waals surface area contributed by atoms with Crippen LogP contribution < -0.4 is 15.0 Å². The number of carbonyl (C=O) groups is 1. The van der Waals surface area contributed by atoms with Crippen LogP contribution in [0.15, 0.2) is 12.1 Å². The van der Waals surface area contributed by atoms with E-state index in [-0.39, 0.29) is 23.2 Å². The number of thiazole rings is 1. The summed E-state index contributed by atoms with van der Waals surface area (Å²) < 4.78 is 13.2. The Morgan fingerprint density at radius 1 is 1.39 bits per heavy atom. The van der Waals surface area contributed by atoms with Crippen LogP contribution in [-0.2, 0) is 10.8 Å². The molecule has 1 fully saturated rings. The smallest absolute Gasteiger partial charge is 0.324 e. The second kappa shape index (κ2) is 6.71. The van der Waals surface area contributed by atoms with Gasteiger partial charge < -0.3 is 14.5 Å². The highest BCUT2D eigenvalue weighted by atomic mass is 32.1. The maximum absolute atomic E-state index is 12.7. The first kappa shape index (κ1) is 19.7. The molecule has 1 N–H and O–H groups in total. The van der Waals surface area contributed by atoms with Gasteiger partial charge in [-0.1, -0.05) is 32.1 Å². The van der Waals surface area contributed by atoms with Crippen molar-refractivity contribution in [2.24, 2.45) is 0 Å². The number of benzene rings is 1. The number of nitrogens with one attached hydrogen (secondary N) is 1. The van der Waals surface area contributed by atoms with Crippen LogP contribution in [0.3, 0.4) is 0 Å². The molecule has 2 atom stereocenters. The summed E-state index contributed by atoms with van der Waals surface area (Å²) in [5.74, 6) is 0.918. The quantitative estimate of drug-likeness (QED) is 0.739. The average molecular weight is 420 g/mol. The highest BCUT2D eigenvalue weighted by molar-refractivity contribution is 7.22. The van der Waals surface area contributed by atoms with E-state index in [9.17, 15) is 4.79 Å². The summed E-state index contributed by atoms with van der Waals surface area (Å²) in [5.41, 5.74) is 2.12. The number of rotatable bonds is 4. The molecule has 28 heavy (non-hydrogen) atoms. The molecule has 0 bridgehead atoms. The molecule has 0 unspecified atom stereocenters. The van der Waals surface area contributed by atoms with Gasteiger partial charge in [0.15, 0.2) is 13.4 Å². The van der Waals surface area contributed by atoms with E-state index in [1.54, 1.807) is 16.2 Å². The van der Waals surface area contributed by atoms with Crippen molar-refractivity contribution in [2.45, 2.75) is 64.3 Å². The lowest BCUT2D eigenvalue weighted by atomic mass is 10.1. The molecular formula is C20H29N3O3SSi. The van der Waals surface area contributed by atoms with Crippen LogP contribution in [0.1, 0.15) is 33.3 Å². The SMILES string of the molecule is C[C@H]1NC(=O)N(c2nc3c4c(ccc3s2)OCC4)[C@@H]1CO[Si](C)(C)C(C)(C)C. The van der Waals surface area contributed by atoms with Crippen LogP contribution in [0, 0.1) is 0 Å². The third-order valence-electron chi connectivity index (χ3n) is 6.33. The molecule has 8 heteroatoms. The van der Waals surface area contributed by atoms with Crippen molar-refractivity contribution in [3.05, 3.63) is 17.7 Å². The fourth-order valence-corrected chi connectivity index (χ4v) is 5.53. The predicted octanol–water partition coefficient (Wildman–Crippen LogP) is 4.54. The third kappa shape index (κ3) is 3.21. The molecule has 3 heterocycles. The van der Waals surface area contributed by atoms with E-state index in [1.807, 2.05) is 19.1 Å². The van der Waals surface area contributed by atoms with E-state index < -0.39 is 8.32 Å². The molecule has 0 radical (unpaired) electrons. The lowest BCUT2D eigenvalue weighted by molar-refractivity contribution is 0.247. The Morgan fingerprint density at radius 2 is 2.14 bits per heavy atom. The minimum atomic E-state index is -1.90. The van der Waals surface area contributed by atoms with Gasteiger partial charge >= 0.3 is 6.03 Å². The molecule has 1 aromatic carbocycles. The molecule has 1 saturated heterocycles. The number of nitrogens with zero attached hydrogens (tertiary/aromatic N) is 2. The molecule has 1 aromatic heterocycles. The van der Waals surface area contributed by atoms with Gasteiger partial charge in [-0.2, -0.15) is 0 Å². The van der Waals surface area contributed by atoms with Crippen molar-refractivity contribution < 1.29 is 14.0 Å². The highest BCUT2D eigenvalue weighted by Gasteiger charge is 2.43. The summed E-state index contributed by atoms with van der Waals surface area (Å²) in [6, 6.07) is 3.91. The van der Waals surface area contributed by atoms with E-state index in [0.29, 0.717) is 13.2 Å². The molecule has 0 saturated carbocycles. The maximum Gasteiger partial charge on any atom is 0.324 e. The minimum absolute atomic E-state index is 0.0123. The summed E-state index contributed by atoms with van der Waals surface area (Å²) in [5, 5.41) is 3.92. The zero-order chi connectivity index (χ0) is 20.3.